The number of pyridine rings is 1. The van der Waals surface area contributed by atoms with E-state index in [0.29, 0.717) is 27.2 Å². The molecule has 1 amide bonds. The summed E-state index contributed by atoms with van der Waals surface area (Å²) in [6, 6.07) is 6.70. The van der Waals surface area contributed by atoms with Gasteiger partial charge in [0.25, 0.3) is 5.91 Å². The third-order valence-electron chi connectivity index (χ3n) is 2.67. The number of nitrogens with zero attached hydrogens (tertiary/aromatic N) is 1. The maximum absolute atomic E-state index is 12.2. The number of methoxy groups -OCH3 is 2. The van der Waals surface area contributed by atoms with Crippen LogP contribution < -0.4 is 14.8 Å². The Morgan fingerprint density at radius 1 is 1.20 bits per heavy atom. The SMILES string of the molecule is COc1ccc(C(=O)Nc2ccncc2Br)cc1OC. The summed E-state index contributed by atoms with van der Waals surface area (Å²) in [5, 5.41) is 2.79. The highest BCUT2D eigenvalue weighted by Gasteiger charge is 2.12. The van der Waals surface area contributed by atoms with E-state index in [4.69, 9.17) is 9.47 Å². The summed E-state index contributed by atoms with van der Waals surface area (Å²) in [7, 11) is 3.07. The van der Waals surface area contributed by atoms with Crippen LogP contribution in [0.5, 0.6) is 11.5 Å². The normalized spacial score (nSPS) is 9.95. The molecule has 1 aromatic carbocycles. The van der Waals surface area contributed by atoms with E-state index in [9.17, 15) is 4.79 Å². The van der Waals surface area contributed by atoms with E-state index in [1.807, 2.05) is 0 Å². The summed E-state index contributed by atoms with van der Waals surface area (Å²) in [6.45, 7) is 0. The predicted octanol–water partition coefficient (Wildman–Crippen LogP) is 3.11. The lowest BCUT2D eigenvalue weighted by molar-refractivity contribution is 0.102. The van der Waals surface area contributed by atoms with E-state index < -0.39 is 0 Å². The second-order valence-electron chi connectivity index (χ2n) is 3.88. The Morgan fingerprint density at radius 3 is 2.60 bits per heavy atom. The second kappa shape index (κ2) is 6.38. The molecule has 6 heteroatoms. The van der Waals surface area contributed by atoms with E-state index in [0.717, 1.165) is 0 Å². The fourth-order valence-electron chi connectivity index (χ4n) is 1.65. The van der Waals surface area contributed by atoms with Crippen molar-refractivity contribution in [1.82, 2.24) is 4.98 Å². The minimum Gasteiger partial charge on any atom is -0.493 e. The standard InChI is InChI=1S/C14H13BrN2O3/c1-19-12-4-3-9(7-13(12)20-2)14(18)17-11-5-6-16-8-10(11)15/h3-8H,1-2H3,(H,16,17,18). The van der Waals surface area contributed by atoms with Crippen LogP contribution in [-0.2, 0) is 0 Å². The molecule has 104 valence electrons. The Morgan fingerprint density at radius 2 is 1.95 bits per heavy atom. The number of hydrogen-bond acceptors (Lipinski definition) is 4. The van der Waals surface area contributed by atoms with E-state index in [2.05, 4.69) is 26.2 Å². The first-order chi connectivity index (χ1) is 9.65. The van der Waals surface area contributed by atoms with Gasteiger partial charge in [-0.2, -0.15) is 0 Å². The van der Waals surface area contributed by atoms with Gasteiger partial charge in [-0.15, -0.1) is 0 Å². The van der Waals surface area contributed by atoms with E-state index in [-0.39, 0.29) is 5.91 Å². The van der Waals surface area contributed by atoms with Gasteiger partial charge in [0.1, 0.15) is 0 Å². The zero-order chi connectivity index (χ0) is 14.5. The van der Waals surface area contributed by atoms with Gasteiger partial charge in [0.2, 0.25) is 0 Å². The molecule has 0 unspecified atom stereocenters. The van der Waals surface area contributed by atoms with Crippen molar-refractivity contribution in [2.45, 2.75) is 0 Å². The van der Waals surface area contributed by atoms with Gasteiger partial charge < -0.3 is 14.8 Å². The minimum absolute atomic E-state index is 0.238. The van der Waals surface area contributed by atoms with Crippen LogP contribution in [0.1, 0.15) is 10.4 Å². The molecule has 0 fully saturated rings. The highest BCUT2D eigenvalue weighted by molar-refractivity contribution is 9.10. The highest BCUT2D eigenvalue weighted by atomic mass is 79.9. The number of amides is 1. The summed E-state index contributed by atoms with van der Waals surface area (Å²) in [5.41, 5.74) is 1.13. The maximum atomic E-state index is 12.2. The molecule has 0 radical (unpaired) electrons. The summed E-state index contributed by atoms with van der Waals surface area (Å²) >= 11 is 3.33. The van der Waals surface area contributed by atoms with Crippen molar-refractivity contribution in [2.24, 2.45) is 0 Å². The molecule has 5 nitrogen and oxygen atoms in total. The van der Waals surface area contributed by atoms with Crippen LogP contribution in [-0.4, -0.2) is 25.1 Å². The van der Waals surface area contributed by atoms with Crippen molar-refractivity contribution in [3.8, 4) is 11.5 Å². The third kappa shape index (κ3) is 3.08. The number of aromatic nitrogens is 1. The molecule has 0 bridgehead atoms. The molecule has 1 N–H and O–H groups in total. The zero-order valence-corrected chi connectivity index (χ0v) is 12.6. The third-order valence-corrected chi connectivity index (χ3v) is 3.30. The molecule has 1 aromatic heterocycles. The Balaban J connectivity index is 2.24. The number of ether oxygens (including phenoxy) is 2. The van der Waals surface area contributed by atoms with Crippen molar-refractivity contribution >= 4 is 27.5 Å². The van der Waals surface area contributed by atoms with Crippen molar-refractivity contribution in [3.63, 3.8) is 0 Å². The number of rotatable bonds is 4. The molecule has 0 aliphatic carbocycles. The molecule has 0 aliphatic heterocycles. The number of carbonyl (C=O) groups excluding carboxylic acids is 1. The number of hydrogen-bond donors (Lipinski definition) is 1. The fraction of sp³-hybridized carbons (Fsp3) is 0.143. The van der Waals surface area contributed by atoms with Crippen molar-refractivity contribution in [1.29, 1.82) is 0 Å². The van der Waals surface area contributed by atoms with Gasteiger partial charge in [0.05, 0.1) is 24.4 Å². The molecular weight excluding hydrogens is 324 g/mol. The van der Waals surface area contributed by atoms with E-state index in [1.165, 1.54) is 7.11 Å². The first-order valence-electron chi connectivity index (χ1n) is 5.78. The Labute approximate surface area is 125 Å². The molecule has 0 saturated carbocycles. The first kappa shape index (κ1) is 14.3. The molecule has 0 spiro atoms. The molecule has 2 rings (SSSR count). The molecular formula is C14H13BrN2O3. The van der Waals surface area contributed by atoms with Gasteiger partial charge in [-0.1, -0.05) is 0 Å². The highest BCUT2D eigenvalue weighted by Crippen LogP contribution is 2.28. The summed E-state index contributed by atoms with van der Waals surface area (Å²) in [5.74, 6) is 0.848. The van der Waals surface area contributed by atoms with Gasteiger partial charge >= 0.3 is 0 Å². The van der Waals surface area contributed by atoms with E-state index >= 15 is 0 Å². The van der Waals surface area contributed by atoms with Crippen LogP contribution in [0.4, 0.5) is 5.69 Å². The van der Waals surface area contributed by atoms with Crippen LogP contribution in [0, 0.1) is 0 Å². The number of benzene rings is 1. The number of carbonyl (C=O) groups is 1. The lowest BCUT2D eigenvalue weighted by Gasteiger charge is -2.10. The summed E-state index contributed by atoms with van der Waals surface area (Å²) in [6.07, 6.45) is 3.22. The number of anilines is 1. The first-order valence-corrected chi connectivity index (χ1v) is 6.58. The largest absolute Gasteiger partial charge is 0.493 e. The Hall–Kier alpha value is -2.08. The fourth-order valence-corrected chi connectivity index (χ4v) is 2.00. The quantitative estimate of drug-likeness (QED) is 0.931. The average molecular weight is 337 g/mol. The molecule has 20 heavy (non-hydrogen) atoms. The zero-order valence-electron chi connectivity index (χ0n) is 11.0. The van der Waals surface area contributed by atoms with Crippen LogP contribution >= 0.6 is 15.9 Å². The summed E-state index contributed by atoms with van der Waals surface area (Å²) < 4.78 is 11.0. The molecule has 1 heterocycles. The Kier molecular flexibility index (Phi) is 4.57. The van der Waals surface area contributed by atoms with Crippen LogP contribution in [0.2, 0.25) is 0 Å². The second-order valence-corrected chi connectivity index (χ2v) is 4.73. The topological polar surface area (TPSA) is 60.5 Å². The monoisotopic (exact) mass is 336 g/mol. The molecule has 0 atom stereocenters. The van der Waals surface area contributed by atoms with Crippen molar-refractivity contribution in [3.05, 3.63) is 46.7 Å². The van der Waals surface area contributed by atoms with Crippen LogP contribution in [0.25, 0.3) is 0 Å². The molecule has 2 aromatic rings. The Bertz CT molecular complexity index is 632. The van der Waals surface area contributed by atoms with Crippen molar-refractivity contribution in [2.75, 3.05) is 19.5 Å². The molecule has 0 aliphatic rings. The van der Waals surface area contributed by atoms with Gasteiger partial charge in [0.15, 0.2) is 11.5 Å². The number of halogens is 1. The number of nitrogens with one attached hydrogen (secondary N) is 1. The lowest BCUT2D eigenvalue weighted by Crippen LogP contribution is -2.12. The smallest absolute Gasteiger partial charge is 0.255 e. The average Bonchev–Trinajstić information content (AvgIpc) is 2.48. The van der Waals surface area contributed by atoms with Gasteiger partial charge in [0, 0.05) is 18.0 Å². The van der Waals surface area contributed by atoms with Gasteiger partial charge in [-0.25, -0.2) is 0 Å². The van der Waals surface area contributed by atoms with Gasteiger partial charge in [-0.05, 0) is 40.2 Å². The van der Waals surface area contributed by atoms with Crippen LogP contribution in [0.3, 0.4) is 0 Å². The minimum atomic E-state index is -0.238. The summed E-state index contributed by atoms with van der Waals surface area (Å²) in [4.78, 5) is 16.1. The lowest BCUT2D eigenvalue weighted by atomic mass is 10.2. The van der Waals surface area contributed by atoms with Crippen LogP contribution in [0.15, 0.2) is 41.1 Å². The molecule has 0 saturated heterocycles. The maximum Gasteiger partial charge on any atom is 0.255 e. The predicted molar refractivity (Wildman–Crippen MR) is 79.4 cm³/mol. The van der Waals surface area contributed by atoms with E-state index in [1.54, 1.807) is 43.8 Å². The van der Waals surface area contributed by atoms with Crippen molar-refractivity contribution < 1.29 is 14.3 Å². The van der Waals surface area contributed by atoms with Gasteiger partial charge in [-0.3, -0.25) is 9.78 Å².